The van der Waals surface area contributed by atoms with E-state index in [4.69, 9.17) is 5.73 Å². The third kappa shape index (κ3) is 4.26. The summed E-state index contributed by atoms with van der Waals surface area (Å²) in [4.78, 5) is 26.4. The van der Waals surface area contributed by atoms with Gasteiger partial charge in [-0.1, -0.05) is 31.4 Å². The van der Waals surface area contributed by atoms with Crippen LogP contribution >= 0.6 is 0 Å². The molecule has 26 heavy (non-hydrogen) atoms. The Balaban J connectivity index is 1.63. The second-order valence-corrected chi connectivity index (χ2v) is 7.97. The van der Waals surface area contributed by atoms with Crippen molar-refractivity contribution in [1.29, 1.82) is 0 Å². The maximum Gasteiger partial charge on any atom is 0.227 e. The van der Waals surface area contributed by atoms with Crippen molar-refractivity contribution in [2.75, 3.05) is 18.0 Å². The van der Waals surface area contributed by atoms with Crippen LogP contribution in [0, 0.1) is 5.41 Å². The molecule has 2 aliphatic rings. The van der Waals surface area contributed by atoms with Crippen molar-refractivity contribution in [2.24, 2.45) is 11.1 Å². The average Bonchev–Trinajstić information content (AvgIpc) is 3.08. The Morgan fingerprint density at radius 3 is 2.69 bits per heavy atom. The van der Waals surface area contributed by atoms with Crippen LogP contribution in [0.1, 0.15) is 69.9 Å². The third-order valence-corrected chi connectivity index (χ3v) is 6.02. The van der Waals surface area contributed by atoms with Crippen molar-refractivity contribution >= 4 is 17.5 Å². The SMILES string of the molecule is CC(NC(=O)CC1(CN)CCCCC1)c1cccc(N2CCCC2=O)c1. The summed E-state index contributed by atoms with van der Waals surface area (Å²) in [7, 11) is 0. The first kappa shape index (κ1) is 18.9. The van der Waals surface area contributed by atoms with E-state index in [1.807, 2.05) is 36.1 Å². The predicted molar refractivity (Wildman–Crippen MR) is 104 cm³/mol. The molecule has 3 N–H and O–H groups in total. The number of carbonyl (C=O) groups is 2. The van der Waals surface area contributed by atoms with Crippen molar-refractivity contribution in [2.45, 2.75) is 64.3 Å². The molecule has 0 aromatic heterocycles. The van der Waals surface area contributed by atoms with Crippen LogP contribution < -0.4 is 16.0 Å². The predicted octanol–water partition coefficient (Wildman–Crippen LogP) is 3.29. The highest BCUT2D eigenvalue weighted by Gasteiger charge is 2.33. The molecule has 1 aliphatic heterocycles. The smallest absolute Gasteiger partial charge is 0.227 e. The van der Waals surface area contributed by atoms with Gasteiger partial charge in [0.25, 0.3) is 0 Å². The molecule has 1 saturated carbocycles. The fourth-order valence-electron chi connectivity index (χ4n) is 4.35. The molecular weight excluding hydrogens is 326 g/mol. The second kappa shape index (κ2) is 8.21. The van der Waals surface area contributed by atoms with Gasteiger partial charge in [0.2, 0.25) is 11.8 Å². The summed E-state index contributed by atoms with van der Waals surface area (Å²) in [6.45, 7) is 3.36. The van der Waals surface area contributed by atoms with E-state index >= 15 is 0 Å². The molecule has 142 valence electrons. The van der Waals surface area contributed by atoms with Crippen LogP contribution in [0.4, 0.5) is 5.69 Å². The maximum absolute atomic E-state index is 12.6. The van der Waals surface area contributed by atoms with Crippen LogP contribution in [-0.2, 0) is 9.59 Å². The monoisotopic (exact) mass is 357 g/mol. The molecule has 1 saturated heterocycles. The molecule has 0 radical (unpaired) electrons. The third-order valence-electron chi connectivity index (χ3n) is 6.02. The molecule has 0 spiro atoms. The second-order valence-electron chi connectivity index (χ2n) is 7.97. The molecule has 3 rings (SSSR count). The molecule has 5 nitrogen and oxygen atoms in total. The Hall–Kier alpha value is -1.88. The van der Waals surface area contributed by atoms with Crippen LogP contribution in [0.5, 0.6) is 0 Å². The number of nitrogens with one attached hydrogen (secondary N) is 1. The number of carbonyl (C=O) groups excluding carboxylic acids is 2. The van der Waals surface area contributed by atoms with Gasteiger partial charge in [0.15, 0.2) is 0 Å². The minimum atomic E-state index is -0.0847. The summed E-state index contributed by atoms with van der Waals surface area (Å²) in [5.74, 6) is 0.258. The van der Waals surface area contributed by atoms with Gasteiger partial charge < -0.3 is 16.0 Å². The first-order valence-corrected chi connectivity index (χ1v) is 9.93. The number of anilines is 1. The number of rotatable bonds is 6. The number of amides is 2. The summed E-state index contributed by atoms with van der Waals surface area (Å²) in [6.07, 6.45) is 7.75. The number of hydrogen-bond donors (Lipinski definition) is 2. The summed E-state index contributed by atoms with van der Waals surface area (Å²) in [6, 6.07) is 7.87. The molecule has 1 aromatic rings. The lowest BCUT2D eigenvalue weighted by Gasteiger charge is -2.36. The Morgan fingerprint density at radius 2 is 2.04 bits per heavy atom. The van der Waals surface area contributed by atoms with Crippen molar-refractivity contribution in [3.05, 3.63) is 29.8 Å². The van der Waals surface area contributed by atoms with Crippen LogP contribution in [0.15, 0.2) is 24.3 Å². The van der Waals surface area contributed by atoms with Gasteiger partial charge in [0, 0.05) is 25.1 Å². The largest absolute Gasteiger partial charge is 0.350 e. The Morgan fingerprint density at radius 1 is 1.27 bits per heavy atom. The van der Waals surface area contributed by atoms with Crippen molar-refractivity contribution in [1.82, 2.24) is 5.32 Å². The fraction of sp³-hybridized carbons (Fsp3) is 0.619. The average molecular weight is 357 g/mol. The Bertz CT molecular complexity index is 652. The fourth-order valence-corrected chi connectivity index (χ4v) is 4.35. The van der Waals surface area contributed by atoms with E-state index in [9.17, 15) is 9.59 Å². The molecule has 5 heteroatoms. The van der Waals surface area contributed by atoms with Crippen molar-refractivity contribution in [3.8, 4) is 0 Å². The number of nitrogens with two attached hydrogens (primary N) is 1. The Labute approximate surface area is 156 Å². The summed E-state index contributed by atoms with van der Waals surface area (Å²) in [5, 5.41) is 3.13. The van der Waals surface area contributed by atoms with Crippen LogP contribution in [0.3, 0.4) is 0 Å². The lowest BCUT2D eigenvalue weighted by molar-refractivity contribution is -0.124. The van der Waals surface area contributed by atoms with Crippen LogP contribution in [-0.4, -0.2) is 24.9 Å². The van der Waals surface area contributed by atoms with Crippen molar-refractivity contribution in [3.63, 3.8) is 0 Å². The lowest BCUT2D eigenvalue weighted by Crippen LogP contribution is -2.39. The normalized spacial score (nSPS) is 20.8. The highest BCUT2D eigenvalue weighted by Crippen LogP contribution is 2.38. The maximum atomic E-state index is 12.6. The highest BCUT2D eigenvalue weighted by molar-refractivity contribution is 5.95. The van der Waals surface area contributed by atoms with E-state index in [1.54, 1.807) is 0 Å². The van der Waals surface area contributed by atoms with E-state index in [2.05, 4.69) is 5.32 Å². The summed E-state index contributed by atoms with van der Waals surface area (Å²) in [5.41, 5.74) is 7.95. The van der Waals surface area contributed by atoms with Gasteiger partial charge in [-0.3, -0.25) is 9.59 Å². The summed E-state index contributed by atoms with van der Waals surface area (Å²) >= 11 is 0. The molecule has 1 atom stereocenters. The minimum Gasteiger partial charge on any atom is -0.350 e. The van der Waals surface area contributed by atoms with E-state index in [0.717, 1.165) is 37.1 Å². The van der Waals surface area contributed by atoms with Crippen molar-refractivity contribution < 1.29 is 9.59 Å². The van der Waals surface area contributed by atoms with E-state index in [1.165, 1.54) is 19.3 Å². The molecule has 1 heterocycles. The molecule has 2 amide bonds. The highest BCUT2D eigenvalue weighted by atomic mass is 16.2. The summed E-state index contributed by atoms with van der Waals surface area (Å²) < 4.78 is 0. The first-order chi connectivity index (χ1) is 12.5. The standard InChI is InChI=1S/C21H31N3O2/c1-16(23-19(25)14-21(15-22)10-3-2-4-11-21)17-7-5-8-18(13-17)24-12-6-9-20(24)26/h5,7-8,13,16H,2-4,6,9-12,14-15,22H2,1H3,(H,23,25). The quantitative estimate of drug-likeness (QED) is 0.820. The first-order valence-electron chi connectivity index (χ1n) is 9.93. The molecule has 1 aromatic carbocycles. The zero-order chi connectivity index (χ0) is 18.6. The zero-order valence-electron chi connectivity index (χ0n) is 15.8. The van der Waals surface area contributed by atoms with E-state index in [-0.39, 0.29) is 23.3 Å². The van der Waals surface area contributed by atoms with E-state index < -0.39 is 0 Å². The topological polar surface area (TPSA) is 75.4 Å². The number of hydrogen-bond acceptors (Lipinski definition) is 3. The zero-order valence-corrected chi connectivity index (χ0v) is 15.8. The van der Waals surface area contributed by atoms with Gasteiger partial charge in [-0.05, 0) is 55.8 Å². The molecule has 1 aliphatic carbocycles. The van der Waals surface area contributed by atoms with Crippen LogP contribution in [0.2, 0.25) is 0 Å². The van der Waals surface area contributed by atoms with E-state index in [0.29, 0.717) is 19.4 Å². The van der Waals surface area contributed by atoms with Gasteiger partial charge >= 0.3 is 0 Å². The number of nitrogens with zero attached hydrogens (tertiary/aromatic N) is 1. The molecule has 1 unspecified atom stereocenters. The van der Waals surface area contributed by atoms with Gasteiger partial charge in [0.1, 0.15) is 0 Å². The Kier molecular flexibility index (Phi) is 5.97. The molecule has 0 bridgehead atoms. The molecular formula is C21H31N3O2. The van der Waals surface area contributed by atoms with Gasteiger partial charge in [0.05, 0.1) is 6.04 Å². The van der Waals surface area contributed by atoms with Gasteiger partial charge in [-0.2, -0.15) is 0 Å². The lowest BCUT2D eigenvalue weighted by atomic mass is 9.71. The number of benzene rings is 1. The van der Waals surface area contributed by atoms with Gasteiger partial charge in [-0.15, -0.1) is 0 Å². The van der Waals surface area contributed by atoms with Crippen LogP contribution in [0.25, 0.3) is 0 Å². The molecule has 2 fully saturated rings. The van der Waals surface area contributed by atoms with Gasteiger partial charge in [-0.25, -0.2) is 0 Å². The minimum absolute atomic E-state index is 0.0220.